The van der Waals surface area contributed by atoms with Gasteiger partial charge in [-0.1, -0.05) is 18.2 Å². The van der Waals surface area contributed by atoms with E-state index >= 15 is 0 Å². The number of benzene rings is 1. The Morgan fingerprint density at radius 3 is 2.61 bits per heavy atom. The Morgan fingerprint density at radius 2 is 1.94 bits per heavy atom. The van der Waals surface area contributed by atoms with Crippen LogP contribution in [0.3, 0.4) is 0 Å². The van der Waals surface area contributed by atoms with Crippen molar-refractivity contribution in [3.63, 3.8) is 0 Å². The zero-order valence-corrected chi connectivity index (χ0v) is 20.1. The average Bonchev–Trinajstić information content (AvgIpc) is 3.01. The lowest BCUT2D eigenvalue weighted by Gasteiger charge is -2.36. The molecule has 0 saturated carbocycles. The van der Waals surface area contributed by atoms with Gasteiger partial charge in [-0.05, 0) is 66.2 Å². The maximum Gasteiger partial charge on any atom is 0.127 e. The number of hydrogen-bond donors (Lipinski definition) is 0. The smallest absolute Gasteiger partial charge is 0.127 e. The van der Waals surface area contributed by atoms with Crippen molar-refractivity contribution in [2.45, 2.75) is 53.2 Å². The van der Waals surface area contributed by atoms with Crippen molar-refractivity contribution in [2.24, 2.45) is 5.92 Å². The van der Waals surface area contributed by atoms with Crippen LogP contribution in [0.25, 0.3) is 0 Å². The summed E-state index contributed by atoms with van der Waals surface area (Å²) < 4.78 is 16.2. The number of likely N-dealkylation sites (N-methyl/N-ethyl adjacent to an activating group) is 1. The maximum atomic E-state index is 14.1. The molecular weight excluding hydrogens is 389 g/mol. The summed E-state index contributed by atoms with van der Waals surface area (Å²) in [6.07, 6.45) is 2.44. The molecule has 0 bridgehead atoms. The highest BCUT2D eigenvalue weighted by Crippen LogP contribution is 2.23. The van der Waals surface area contributed by atoms with E-state index in [0.717, 1.165) is 57.1 Å². The molecule has 1 saturated heterocycles. The van der Waals surface area contributed by atoms with Crippen LogP contribution < -0.4 is 0 Å². The lowest BCUT2D eigenvalue weighted by Crippen LogP contribution is -2.42. The Bertz CT molecular complexity index is 831. The quantitative estimate of drug-likeness (QED) is 0.572. The molecule has 2 heterocycles. The molecule has 0 unspecified atom stereocenters. The second-order valence-electron chi connectivity index (χ2n) is 9.34. The van der Waals surface area contributed by atoms with E-state index in [1.54, 1.807) is 12.1 Å². The number of piperidine rings is 1. The molecule has 1 aliphatic rings. The molecular formula is C25H40FN5. The van der Waals surface area contributed by atoms with E-state index in [-0.39, 0.29) is 5.82 Å². The third-order valence-corrected chi connectivity index (χ3v) is 6.55. The summed E-state index contributed by atoms with van der Waals surface area (Å²) >= 11 is 0. The average molecular weight is 430 g/mol. The lowest BCUT2D eigenvalue weighted by molar-refractivity contribution is 0.119. The third kappa shape index (κ3) is 6.61. The van der Waals surface area contributed by atoms with E-state index in [0.29, 0.717) is 12.5 Å². The molecule has 31 heavy (non-hydrogen) atoms. The van der Waals surface area contributed by atoms with Gasteiger partial charge < -0.3 is 4.90 Å². The number of nitrogens with zero attached hydrogens (tertiary/aromatic N) is 5. The van der Waals surface area contributed by atoms with Gasteiger partial charge in [-0.2, -0.15) is 5.10 Å². The highest BCUT2D eigenvalue weighted by Gasteiger charge is 2.24. The molecule has 172 valence electrons. The molecule has 1 atom stereocenters. The number of rotatable bonds is 10. The van der Waals surface area contributed by atoms with Gasteiger partial charge in [0.2, 0.25) is 0 Å². The van der Waals surface area contributed by atoms with Gasteiger partial charge in [-0.15, -0.1) is 0 Å². The number of halogens is 1. The second-order valence-corrected chi connectivity index (χ2v) is 9.34. The van der Waals surface area contributed by atoms with E-state index < -0.39 is 0 Å². The first kappa shape index (κ1) is 23.9. The predicted molar refractivity (Wildman–Crippen MR) is 126 cm³/mol. The molecule has 2 aromatic rings. The minimum atomic E-state index is -0.0869. The van der Waals surface area contributed by atoms with Crippen molar-refractivity contribution in [1.29, 1.82) is 0 Å². The summed E-state index contributed by atoms with van der Waals surface area (Å²) in [5.41, 5.74) is 4.63. The summed E-state index contributed by atoms with van der Waals surface area (Å²) in [6.45, 7) is 14.3. The monoisotopic (exact) mass is 429 g/mol. The topological polar surface area (TPSA) is 27.5 Å². The van der Waals surface area contributed by atoms with Crippen LogP contribution >= 0.6 is 0 Å². The van der Waals surface area contributed by atoms with Crippen molar-refractivity contribution in [2.75, 3.05) is 46.8 Å². The van der Waals surface area contributed by atoms with Crippen LogP contribution in [0.2, 0.25) is 0 Å². The highest BCUT2D eigenvalue weighted by molar-refractivity contribution is 5.24. The Hall–Kier alpha value is -1.76. The van der Waals surface area contributed by atoms with Crippen molar-refractivity contribution in [3.05, 3.63) is 52.6 Å². The summed E-state index contributed by atoms with van der Waals surface area (Å²) in [4.78, 5) is 7.30. The van der Waals surface area contributed by atoms with Gasteiger partial charge in [-0.25, -0.2) is 4.39 Å². The summed E-state index contributed by atoms with van der Waals surface area (Å²) in [6, 6.07) is 7.19. The maximum absolute atomic E-state index is 14.1. The van der Waals surface area contributed by atoms with E-state index in [9.17, 15) is 4.39 Å². The van der Waals surface area contributed by atoms with Gasteiger partial charge in [0.25, 0.3) is 0 Å². The van der Waals surface area contributed by atoms with E-state index in [4.69, 9.17) is 5.10 Å². The van der Waals surface area contributed by atoms with Crippen LogP contribution in [-0.4, -0.2) is 71.3 Å². The molecule has 0 N–H and O–H groups in total. The minimum absolute atomic E-state index is 0.0869. The SMILES string of the molecule is CCn1nc(C)c(CN(CCN(C)C)C[C@H]2CCCN(Cc3ccccc3F)C2)c1C. The molecule has 0 amide bonds. The second kappa shape index (κ2) is 11.2. The van der Waals surface area contributed by atoms with Gasteiger partial charge in [0.15, 0.2) is 0 Å². The Labute approximate surface area is 187 Å². The van der Waals surface area contributed by atoms with E-state index in [1.807, 2.05) is 12.1 Å². The van der Waals surface area contributed by atoms with Crippen LogP contribution in [0.15, 0.2) is 24.3 Å². The molecule has 1 aromatic carbocycles. The molecule has 5 nitrogen and oxygen atoms in total. The normalized spacial score (nSPS) is 17.7. The van der Waals surface area contributed by atoms with Crippen molar-refractivity contribution >= 4 is 0 Å². The van der Waals surface area contributed by atoms with Gasteiger partial charge in [0, 0.05) is 62.6 Å². The fraction of sp³-hybridized carbons (Fsp3) is 0.640. The molecule has 1 aliphatic heterocycles. The van der Waals surface area contributed by atoms with Gasteiger partial charge >= 0.3 is 0 Å². The van der Waals surface area contributed by atoms with Crippen LogP contribution in [0.1, 0.15) is 42.3 Å². The fourth-order valence-corrected chi connectivity index (χ4v) is 4.75. The number of aryl methyl sites for hydroxylation is 2. The predicted octanol–water partition coefficient (Wildman–Crippen LogP) is 3.93. The number of likely N-dealkylation sites (tertiary alicyclic amines) is 1. The molecule has 1 aromatic heterocycles. The molecule has 1 fully saturated rings. The first-order chi connectivity index (χ1) is 14.9. The standard InChI is InChI=1S/C25H40FN5/c1-6-31-21(3)24(20(2)27-31)19-30(15-14-28(4)5)17-22-10-9-13-29(16-22)18-23-11-7-8-12-25(23)26/h7-8,11-12,22H,6,9-10,13-19H2,1-5H3/t22-/m0/s1. The number of hydrogen-bond acceptors (Lipinski definition) is 4. The van der Waals surface area contributed by atoms with Gasteiger partial charge in [0.05, 0.1) is 5.69 Å². The zero-order valence-electron chi connectivity index (χ0n) is 20.1. The van der Waals surface area contributed by atoms with Crippen molar-refractivity contribution in [1.82, 2.24) is 24.5 Å². The molecule has 3 rings (SSSR count). The summed E-state index contributed by atoms with van der Waals surface area (Å²) in [5, 5.41) is 4.73. The van der Waals surface area contributed by atoms with Crippen LogP contribution in [0.4, 0.5) is 4.39 Å². The Morgan fingerprint density at radius 1 is 1.16 bits per heavy atom. The number of aromatic nitrogens is 2. The largest absolute Gasteiger partial charge is 0.308 e. The Kier molecular flexibility index (Phi) is 8.64. The van der Waals surface area contributed by atoms with Gasteiger partial charge in [-0.3, -0.25) is 14.5 Å². The first-order valence-electron chi connectivity index (χ1n) is 11.7. The summed E-state index contributed by atoms with van der Waals surface area (Å²) in [7, 11) is 4.28. The minimum Gasteiger partial charge on any atom is -0.308 e. The first-order valence-corrected chi connectivity index (χ1v) is 11.7. The van der Waals surface area contributed by atoms with Crippen molar-refractivity contribution in [3.8, 4) is 0 Å². The van der Waals surface area contributed by atoms with Gasteiger partial charge in [0.1, 0.15) is 5.82 Å². The third-order valence-electron chi connectivity index (χ3n) is 6.55. The Balaban J connectivity index is 1.66. The van der Waals surface area contributed by atoms with Crippen LogP contribution in [0, 0.1) is 25.6 Å². The molecule has 6 heteroatoms. The summed E-state index contributed by atoms with van der Waals surface area (Å²) in [5.74, 6) is 0.528. The van der Waals surface area contributed by atoms with Crippen molar-refractivity contribution < 1.29 is 4.39 Å². The molecule has 0 aliphatic carbocycles. The highest BCUT2D eigenvalue weighted by atomic mass is 19.1. The fourth-order valence-electron chi connectivity index (χ4n) is 4.75. The van der Waals surface area contributed by atoms with E-state index in [2.05, 4.69) is 54.2 Å². The lowest BCUT2D eigenvalue weighted by atomic mass is 9.96. The van der Waals surface area contributed by atoms with Crippen LogP contribution in [0.5, 0.6) is 0 Å². The molecule has 0 radical (unpaired) electrons. The molecule has 0 spiro atoms. The van der Waals surface area contributed by atoms with E-state index in [1.165, 1.54) is 24.1 Å². The zero-order chi connectivity index (χ0) is 22.4. The van der Waals surface area contributed by atoms with Crippen LogP contribution in [-0.2, 0) is 19.6 Å².